The van der Waals surface area contributed by atoms with E-state index in [1.807, 2.05) is 24.3 Å². The highest BCUT2D eigenvalue weighted by atomic mass is 19.1. The molecular formula is C12H10F. The first-order chi connectivity index (χ1) is 6.42. The smallest absolute Gasteiger partial charge is 0.108 e. The van der Waals surface area contributed by atoms with E-state index in [4.69, 9.17) is 0 Å². The third-order valence-electron chi connectivity index (χ3n) is 2.21. The van der Waals surface area contributed by atoms with Crippen molar-refractivity contribution in [1.82, 2.24) is 0 Å². The maximum Gasteiger partial charge on any atom is 0.108 e. The van der Waals surface area contributed by atoms with E-state index in [1.54, 1.807) is 6.08 Å². The van der Waals surface area contributed by atoms with Crippen molar-refractivity contribution in [3.05, 3.63) is 53.6 Å². The number of alkyl halides is 1. The number of allylic oxidation sites excluding steroid dienone is 3. The molecule has 2 rings (SSSR count). The van der Waals surface area contributed by atoms with Crippen LogP contribution in [-0.4, -0.2) is 6.67 Å². The Balaban J connectivity index is 2.28. The van der Waals surface area contributed by atoms with Gasteiger partial charge in [0.15, 0.2) is 0 Å². The van der Waals surface area contributed by atoms with Crippen molar-refractivity contribution < 1.29 is 4.39 Å². The van der Waals surface area contributed by atoms with Crippen LogP contribution in [0.1, 0.15) is 17.0 Å². The second-order valence-electron chi connectivity index (χ2n) is 3.02. The Morgan fingerprint density at radius 3 is 3.31 bits per heavy atom. The summed E-state index contributed by atoms with van der Waals surface area (Å²) in [7, 11) is 0. The van der Waals surface area contributed by atoms with Crippen LogP contribution >= 0.6 is 0 Å². The van der Waals surface area contributed by atoms with E-state index < -0.39 is 6.67 Å². The fourth-order valence-electron chi connectivity index (χ4n) is 1.58. The summed E-state index contributed by atoms with van der Waals surface area (Å²) in [6.07, 6.45) is 7.58. The third kappa shape index (κ3) is 1.55. The maximum atomic E-state index is 11.9. The molecule has 0 N–H and O–H groups in total. The Kier molecular flexibility index (Phi) is 2.26. The summed E-state index contributed by atoms with van der Waals surface area (Å²) in [5.41, 5.74) is 2.43. The highest BCUT2D eigenvalue weighted by Crippen LogP contribution is 2.30. The zero-order valence-electron chi connectivity index (χ0n) is 7.20. The highest BCUT2D eigenvalue weighted by molar-refractivity contribution is 5.63. The van der Waals surface area contributed by atoms with E-state index in [-0.39, 0.29) is 5.92 Å². The van der Waals surface area contributed by atoms with Crippen LogP contribution in [0.15, 0.2) is 36.4 Å². The van der Waals surface area contributed by atoms with Gasteiger partial charge in [-0.1, -0.05) is 36.4 Å². The standard InChI is InChI=1S/C12H10F/c13-9-3-5-11-8-7-10-4-1-2-6-12(10)11/h2-8,11H,9H2. The Hall–Kier alpha value is -1.37. The number of hydrogen-bond acceptors (Lipinski definition) is 0. The van der Waals surface area contributed by atoms with Crippen molar-refractivity contribution in [2.45, 2.75) is 5.92 Å². The largest absolute Gasteiger partial charge is 0.247 e. The van der Waals surface area contributed by atoms with Gasteiger partial charge in [0.05, 0.1) is 0 Å². The summed E-state index contributed by atoms with van der Waals surface area (Å²) < 4.78 is 11.9. The van der Waals surface area contributed by atoms with Crippen LogP contribution in [0.4, 0.5) is 4.39 Å². The van der Waals surface area contributed by atoms with Crippen LogP contribution in [-0.2, 0) is 0 Å². The maximum absolute atomic E-state index is 11.9. The van der Waals surface area contributed by atoms with Crippen LogP contribution < -0.4 is 0 Å². The average Bonchev–Trinajstić information content (AvgIpc) is 2.58. The zero-order valence-corrected chi connectivity index (χ0v) is 7.20. The minimum absolute atomic E-state index is 0.250. The van der Waals surface area contributed by atoms with Crippen molar-refractivity contribution in [2.75, 3.05) is 6.67 Å². The molecule has 0 aliphatic heterocycles. The van der Waals surface area contributed by atoms with E-state index in [1.165, 1.54) is 11.1 Å². The normalized spacial score (nSPS) is 19.6. The molecule has 13 heavy (non-hydrogen) atoms. The number of fused-ring (bicyclic) bond motifs is 1. The first-order valence-electron chi connectivity index (χ1n) is 4.32. The van der Waals surface area contributed by atoms with Crippen LogP contribution in [0.5, 0.6) is 0 Å². The summed E-state index contributed by atoms with van der Waals surface area (Å²) in [5, 5.41) is 0. The topological polar surface area (TPSA) is 0 Å². The highest BCUT2D eigenvalue weighted by Gasteiger charge is 2.12. The lowest BCUT2D eigenvalue weighted by atomic mass is 10.0. The van der Waals surface area contributed by atoms with Crippen molar-refractivity contribution >= 4 is 6.08 Å². The molecule has 0 spiro atoms. The second kappa shape index (κ2) is 3.56. The second-order valence-corrected chi connectivity index (χ2v) is 3.02. The molecule has 0 heterocycles. The van der Waals surface area contributed by atoms with Crippen molar-refractivity contribution in [2.24, 2.45) is 0 Å². The Morgan fingerprint density at radius 1 is 1.54 bits per heavy atom. The van der Waals surface area contributed by atoms with Gasteiger partial charge in [-0.15, -0.1) is 0 Å². The molecule has 1 aromatic rings. The Bertz CT molecular complexity index is 350. The van der Waals surface area contributed by atoms with E-state index in [2.05, 4.69) is 18.2 Å². The average molecular weight is 173 g/mol. The summed E-state index contributed by atoms with van der Waals surface area (Å²) in [6.45, 7) is -0.390. The molecule has 0 saturated heterocycles. The van der Waals surface area contributed by atoms with Gasteiger partial charge in [-0.25, -0.2) is 4.39 Å². The van der Waals surface area contributed by atoms with Gasteiger partial charge in [-0.05, 0) is 23.3 Å². The quantitative estimate of drug-likeness (QED) is 0.603. The van der Waals surface area contributed by atoms with E-state index in [9.17, 15) is 4.39 Å². The molecule has 1 unspecified atom stereocenters. The lowest BCUT2D eigenvalue weighted by molar-refractivity contribution is 0.560. The molecule has 0 aromatic heterocycles. The fourth-order valence-corrected chi connectivity index (χ4v) is 1.58. The molecule has 1 radical (unpaired) electrons. The summed E-state index contributed by atoms with van der Waals surface area (Å²) >= 11 is 0. The number of halogens is 1. The molecule has 0 fully saturated rings. The van der Waals surface area contributed by atoms with Crippen molar-refractivity contribution in [3.8, 4) is 0 Å². The third-order valence-corrected chi connectivity index (χ3v) is 2.21. The minimum Gasteiger partial charge on any atom is -0.247 e. The van der Waals surface area contributed by atoms with Crippen LogP contribution in [0.2, 0.25) is 0 Å². The predicted molar refractivity (Wildman–Crippen MR) is 52.2 cm³/mol. The molecule has 65 valence electrons. The van der Waals surface area contributed by atoms with Crippen molar-refractivity contribution in [3.63, 3.8) is 0 Å². The van der Waals surface area contributed by atoms with Gasteiger partial charge < -0.3 is 0 Å². The van der Waals surface area contributed by atoms with Gasteiger partial charge in [-0.3, -0.25) is 0 Å². The van der Waals surface area contributed by atoms with Gasteiger partial charge in [0, 0.05) is 5.92 Å². The number of rotatable bonds is 2. The summed E-state index contributed by atoms with van der Waals surface area (Å²) in [6, 6.07) is 8.89. The predicted octanol–water partition coefficient (Wildman–Crippen LogP) is 3.12. The van der Waals surface area contributed by atoms with E-state index >= 15 is 0 Å². The summed E-state index contributed by atoms with van der Waals surface area (Å²) in [4.78, 5) is 0. The fraction of sp³-hybridized carbons (Fsp3) is 0.167. The van der Waals surface area contributed by atoms with E-state index in [0.29, 0.717) is 0 Å². The van der Waals surface area contributed by atoms with Crippen molar-refractivity contribution in [1.29, 1.82) is 0 Å². The van der Waals surface area contributed by atoms with Crippen LogP contribution in [0.3, 0.4) is 0 Å². The molecule has 0 nitrogen and oxygen atoms in total. The number of hydrogen-bond donors (Lipinski definition) is 0. The Morgan fingerprint density at radius 2 is 2.46 bits per heavy atom. The SMILES string of the molecule is FCC=CC1C=Cc2c[c]ccc21. The lowest BCUT2D eigenvalue weighted by Crippen LogP contribution is -1.88. The lowest BCUT2D eigenvalue weighted by Gasteiger charge is -2.03. The zero-order chi connectivity index (χ0) is 9.10. The first-order valence-corrected chi connectivity index (χ1v) is 4.32. The molecule has 1 atom stereocenters. The van der Waals surface area contributed by atoms with Gasteiger partial charge in [0.25, 0.3) is 0 Å². The van der Waals surface area contributed by atoms with Gasteiger partial charge in [0.2, 0.25) is 0 Å². The van der Waals surface area contributed by atoms with Gasteiger partial charge >= 0.3 is 0 Å². The van der Waals surface area contributed by atoms with Crippen LogP contribution in [0, 0.1) is 6.07 Å². The van der Waals surface area contributed by atoms with Gasteiger partial charge in [0.1, 0.15) is 6.67 Å². The minimum atomic E-state index is -0.390. The Labute approximate surface area is 77.4 Å². The van der Waals surface area contributed by atoms with E-state index in [0.717, 1.165) is 0 Å². The monoisotopic (exact) mass is 173 g/mol. The van der Waals surface area contributed by atoms with Crippen LogP contribution in [0.25, 0.3) is 6.08 Å². The molecule has 0 bridgehead atoms. The molecule has 0 saturated carbocycles. The van der Waals surface area contributed by atoms with Gasteiger partial charge in [-0.2, -0.15) is 0 Å². The molecule has 1 heteroatoms. The molecule has 0 amide bonds. The molecular weight excluding hydrogens is 163 g/mol. The number of benzene rings is 1. The summed E-state index contributed by atoms with van der Waals surface area (Å²) in [5.74, 6) is 0.250. The first kappa shape index (κ1) is 8.24. The molecule has 1 aliphatic carbocycles. The molecule has 1 aliphatic rings. The molecule has 1 aromatic carbocycles.